The van der Waals surface area contributed by atoms with Gasteiger partial charge in [-0.2, -0.15) is 0 Å². The first kappa shape index (κ1) is 25.4. The van der Waals surface area contributed by atoms with Crippen molar-refractivity contribution in [3.8, 4) is 22.5 Å². The van der Waals surface area contributed by atoms with Crippen molar-refractivity contribution in [2.45, 2.75) is 19.5 Å². The lowest BCUT2D eigenvalue weighted by molar-refractivity contribution is -2.00. The molecule has 4 rings (SSSR count). The van der Waals surface area contributed by atoms with Crippen molar-refractivity contribution in [3.63, 3.8) is 0 Å². The van der Waals surface area contributed by atoms with Crippen molar-refractivity contribution in [2.75, 3.05) is 0 Å². The van der Waals surface area contributed by atoms with Crippen LogP contribution in [0.5, 0.6) is 0 Å². The Kier molecular flexibility index (Phi) is 8.75. The molecule has 0 aliphatic carbocycles. The second-order valence-electron chi connectivity index (χ2n) is 7.79. The highest BCUT2D eigenvalue weighted by Gasteiger charge is 2.15. The zero-order valence-corrected chi connectivity index (χ0v) is 19.9. The van der Waals surface area contributed by atoms with Gasteiger partial charge in [0.1, 0.15) is 25.2 Å². The normalized spacial score (nSPS) is 11.0. The molecule has 34 heavy (non-hydrogen) atoms. The smallest absolute Gasteiger partial charge is 0.218 e. The van der Waals surface area contributed by atoms with Crippen molar-refractivity contribution in [1.29, 1.82) is 0 Å². The van der Waals surface area contributed by atoms with Crippen LogP contribution in [-0.2, 0) is 27.2 Å². The molecule has 8 nitrogen and oxygen atoms in total. The van der Waals surface area contributed by atoms with Gasteiger partial charge in [-0.15, -0.1) is 10.2 Å². The van der Waals surface area contributed by atoms with Gasteiger partial charge in [-0.25, -0.2) is 36.9 Å². The van der Waals surface area contributed by atoms with E-state index in [2.05, 4.69) is 130 Å². The van der Waals surface area contributed by atoms with Gasteiger partial charge in [0.15, 0.2) is 50.3 Å². The standard InChI is InChI=1S/C25H28N4.ClHO4/c1-26-14-5-3-12-24(26)22-10-7-16-28(20-22)18-9-19-29-17-8-11-23(21-29)25-13-4-6-15-27(25)2;2-1(3,4)5/h3-8,10-17,20-21H,9,18-19H2,1-2H3;(H,2,3,4,5)/q+4;/p-1. The first-order chi connectivity index (χ1) is 16.2. The van der Waals surface area contributed by atoms with E-state index < -0.39 is 10.2 Å². The van der Waals surface area contributed by atoms with E-state index in [1.807, 2.05) is 0 Å². The monoisotopic (exact) mass is 483 g/mol. The van der Waals surface area contributed by atoms with Crippen LogP contribution in [0.25, 0.3) is 22.5 Å². The molecule has 9 heteroatoms. The quantitative estimate of drug-likeness (QED) is 0.284. The van der Waals surface area contributed by atoms with Crippen molar-refractivity contribution < 1.29 is 47.1 Å². The van der Waals surface area contributed by atoms with Crippen molar-refractivity contribution >= 4 is 0 Å². The van der Waals surface area contributed by atoms with Crippen LogP contribution >= 0.6 is 0 Å². The van der Waals surface area contributed by atoms with Crippen LogP contribution in [0.15, 0.2) is 97.8 Å². The second kappa shape index (κ2) is 11.7. The highest BCUT2D eigenvalue weighted by molar-refractivity contribution is 5.53. The summed E-state index contributed by atoms with van der Waals surface area (Å²) in [5, 5.41) is 0. The molecule has 0 aliphatic heterocycles. The first-order valence-corrected chi connectivity index (χ1v) is 11.9. The number of halogens is 1. The molecule has 0 radical (unpaired) electrons. The lowest BCUT2D eigenvalue weighted by atomic mass is 10.2. The Morgan fingerprint density at radius 3 is 1.38 bits per heavy atom. The summed E-state index contributed by atoms with van der Waals surface area (Å²) in [5.74, 6) is 0. The zero-order chi connectivity index (χ0) is 24.6. The third kappa shape index (κ3) is 7.95. The number of hydrogen-bond acceptors (Lipinski definition) is 4. The fourth-order valence-electron chi connectivity index (χ4n) is 3.71. The number of aryl methyl sites for hydroxylation is 4. The summed E-state index contributed by atoms with van der Waals surface area (Å²) < 4.78 is 42.9. The molecule has 4 aromatic rings. The highest BCUT2D eigenvalue weighted by atomic mass is 35.7. The van der Waals surface area contributed by atoms with Gasteiger partial charge in [0, 0.05) is 36.4 Å². The Morgan fingerprint density at radius 1 is 0.588 bits per heavy atom. The van der Waals surface area contributed by atoms with E-state index in [1.165, 1.54) is 22.5 Å². The van der Waals surface area contributed by atoms with Gasteiger partial charge in [-0.1, -0.05) is 0 Å². The van der Waals surface area contributed by atoms with E-state index in [4.69, 9.17) is 18.6 Å². The molecule has 0 amide bonds. The maximum Gasteiger partial charge on any atom is 0.218 e. The Bertz CT molecular complexity index is 1140. The summed E-state index contributed by atoms with van der Waals surface area (Å²) in [6.07, 6.45) is 14.0. The van der Waals surface area contributed by atoms with E-state index in [9.17, 15) is 0 Å². The number of pyridine rings is 4. The molecule has 4 aromatic heterocycles. The van der Waals surface area contributed by atoms with Gasteiger partial charge >= 0.3 is 0 Å². The van der Waals surface area contributed by atoms with Gasteiger partial charge in [0.05, 0.1) is 6.42 Å². The molecular formula is C25H28ClN4O4+3. The van der Waals surface area contributed by atoms with Crippen LogP contribution in [0.1, 0.15) is 6.42 Å². The minimum Gasteiger partial charge on any atom is -0.222 e. The van der Waals surface area contributed by atoms with Crippen LogP contribution in [-0.4, -0.2) is 0 Å². The van der Waals surface area contributed by atoms with Crippen molar-refractivity contribution in [1.82, 2.24) is 0 Å². The van der Waals surface area contributed by atoms with E-state index in [0.29, 0.717) is 0 Å². The third-order valence-corrected chi connectivity index (χ3v) is 5.25. The second-order valence-corrected chi connectivity index (χ2v) is 8.54. The van der Waals surface area contributed by atoms with E-state index in [-0.39, 0.29) is 0 Å². The van der Waals surface area contributed by atoms with Gasteiger partial charge < -0.3 is 0 Å². The average molecular weight is 484 g/mol. The lowest BCUT2D eigenvalue weighted by Crippen LogP contribution is -2.68. The molecule has 0 atom stereocenters. The maximum absolute atomic E-state index is 8.49. The minimum absolute atomic E-state index is 0.987. The van der Waals surface area contributed by atoms with E-state index in [1.54, 1.807) is 0 Å². The number of aromatic nitrogens is 4. The summed E-state index contributed by atoms with van der Waals surface area (Å²) in [4.78, 5) is 0. The van der Waals surface area contributed by atoms with Crippen LogP contribution in [0, 0.1) is 10.2 Å². The number of rotatable bonds is 6. The Labute approximate surface area is 201 Å². The molecule has 0 aliphatic rings. The molecule has 4 heterocycles. The van der Waals surface area contributed by atoms with Crippen LogP contribution in [0.2, 0.25) is 0 Å². The molecule has 0 spiro atoms. The van der Waals surface area contributed by atoms with Gasteiger partial charge in [0.2, 0.25) is 11.4 Å². The SMILES string of the molecule is C[n+]1ccccc1-c1ccc[n+](CCC[n+]2cccc(-c3cccc[n+]3C)c2)c1.[O-][Cl+3]([O-])([O-])[O-]. The molecular weight excluding hydrogens is 456 g/mol. The molecule has 0 unspecified atom stereocenters. The molecule has 0 saturated heterocycles. The molecule has 0 fully saturated rings. The lowest BCUT2D eigenvalue weighted by Gasteiger charge is -2.17. The van der Waals surface area contributed by atoms with Crippen molar-refractivity contribution in [2.24, 2.45) is 14.1 Å². The summed E-state index contributed by atoms with van der Waals surface area (Å²) in [6.45, 7) is 1.97. The molecule has 0 aromatic carbocycles. The molecule has 0 N–H and O–H groups in total. The maximum atomic E-state index is 8.49. The Morgan fingerprint density at radius 2 is 1.00 bits per heavy atom. The van der Waals surface area contributed by atoms with Crippen LogP contribution in [0.3, 0.4) is 0 Å². The summed E-state index contributed by atoms with van der Waals surface area (Å²) >= 11 is 0. The number of hydrogen-bond donors (Lipinski definition) is 0. The van der Waals surface area contributed by atoms with E-state index in [0.717, 1.165) is 19.5 Å². The average Bonchev–Trinajstić information content (AvgIpc) is 2.79. The predicted molar refractivity (Wildman–Crippen MR) is 111 cm³/mol. The molecule has 0 saturated carbocycles. The zero-order valence-electron chi connectivity index (χ0n) is 19.2. The third-order valence-electron chi connectivity index (χ3n) is 5.25. The highest BCUT2D eigenvalue weighted by Crippen LogP contribution is 2.12. The molecule has 176 valence electrons. The van der Waals surface area contributed by atoms with Gasteiger partial charge in [-0.3, -0.25) is 0 Å². The summed E-state index contributed by atoms with van der Waals surface area (Å²) in [5.41, 5.74) is 4.92. The van der Waals surface area contributed by atoms with Crippen molar-refractivity contribution in [3.05, 3.63) is 97.8 Å². The largest absolute Gasteiger partial charge is 0.222 e. The van der Waals surface area contributed by atoms with Gasteiger partial charge in [0.25, 0.3) is 0 Å². The van der Waals surface area contributed by atoms with Crippen LogP contribution in [0.4, 0.5) is 0 Å². The fourth-order valence-corrected chi connectivity index (χ4v) is 3.71. The summed E-state index contributed by atoms with van der Waals surface area (Å²) in [6, 6.07) is 21.2. The van der Waals surface area contributed by atoms with E-state index >= 15 is 0 Å². The number of nitrogens with zero attached hydrogens (tertiary/aromatic N) is 4. The predicted octanol–water partition coefficient (Wildman–Crippen LogP) is -2.42. The van der Waals surface area contributed by atoms with Gasteiger partial charge in [-0.05, 0) is 24.3 Å². The fraction of sp³-hybridized carbons (Fsp3) is 0.200. The first-order valence-electron chi connectivity index (χ1n) is 10.7. The van der Waals surface area contributed by atoms with Crippen LogP contribution < -0.4 is 36.9 Å². The molecule has 0 bridgehead atoms. The minimum atomic E-state index is -4.94. The Hall–Kier alpha value is -3.27. The summed E-state index contributed by atoms with van der Waals surface area (Å²) in [7, 11) is -0.772. The topological polar surface area (TPSA) is 108 Å². The Balaban J connectivity index is 0.000000588.